The van der Waals surface area contributed by atoms with Gasteiger partial charge in [-0.3, -0.25) is 4.68 Å². The quantitative estimate of drug-likeness (QED) is 0.167. The van der Waals surface area contributed by atoms with E-state index in [0.29, 0.717) is 11.8 Å². The van der Waals surface area contributed by atoms with Crippen LogP contribution in [0.1, 0.15) is 75.9 Å². The summed E-state index contributed by atoms with van der Waals surface area (Å²) in [4.78, 5) is 8.68. The molecule has 0 unspecified atom stereocenters. The molecule has 0 aliphatic rings. The van der Waals surface area contributed by atoms with E-state index >= 15 is 0 Å². The summed E-state index contributed by atoms with van der Waals surface area (Å²) in [5.74, 6) is 2.85. The molecule has 0 fully saturated rings. The lowest BCUT2D eigenvalue weighted by molar-refractivity contribution is 0.407. The molecular weight excluding hydrogens is 550 g/mol. The van der Waals surface area contributed by atoms with Crippen molar-refractivity contribution in [2.75, 3.05) is 14.2 Å². The highest BCUT2D eigenvalue weighted by Crippen LogP contribution is 2.30. The average molecular weight is 598 g/mol. The van der Waals surface area contributed by atoms with Crippen LogP contribution < -0.4 is 9.47 Å². The van der Waals surface area contributed by atoms with E-state index in [1.165, 1.54) is 38.8 Å². The third kappa shape index (κ3) is 7.89. The molecule has 0 saturated carbocycles. The molecule has 9 nitrogen and oxygen atoms in total. The number of rotatable bonds is 10. The van der Waals surface area contributed by atoms with Gasteiger partial charge in [0.05, 0.1) is 33.2 Å². The first kappa shape index (κ1) is 32.4. The summed E-state index contributed by atoms with van der Waals surface area (Å²) < 4.78 is 13.0. The zero-order chi connectivity index (χ0) is 31.6. The molecule has 0 amide bonds. The number of fused-ring (bicyclic) bond motifs is 2. The number of hydrogen-bond acceptors (Lipinski definition) is 5. The fourth-order valence-electron chi connectivity index (χ4n) is 5.09. The van der Waals surface area contributed by atoms with Crippen LogP contribution in [0, 0.1) is 0 Å². The lowest BCUT2D eigenvalue weighted by Gasteiger charge is -2.09. The number of ether oxygens (including phenoxy) is 2. The summed E-state index contributed by atoms with van der Waals surface area (Å²) in [5.41, 5.74) is 7.21. The highest BCUT2D eigenvalue weighted by atomic mass is 16.5. The first-order valence-electron chi connectivity index (χ1n) is 15.5. The summed E-state index contributed by atoms with van der Waals surface area (Å²) in [7, 11) is 3.45. The van der Waals surface area contributed by atoms with E-state index in [4.69, 9.17) is 9.47 Å². The maximum absolute atomic E-state index is 5.55. The van der Waals surface area contributed by atoms with E-state index in [9.17, 15) is 0 Å². The second kappa shape index (κ2) is 15.3. The van der Waals surface area contributed by atoms with Crippen LogP contribution in [-0.4, -0.2) is 49.0 Å². The highest BCUT2D eigenvalue weighted by Gasteiger charge is 2.12. The Morgan fingerprint density at radius 2 is 1.16 bits per heavy atom. The molecule has 234 valence electrons. The van der Waals surface area contributed by atoms with E-state index in [1.807, 2.05) is 30.8 Å². The number of nitrogens with one attached hydrogen (secondary N) is 2. The largest absolute Gasteiger partial charge is 0.496 e. The van der Waals surface area contributed by atoms with Crippen molar-refractivity contribution in [3.05, 3.63) is 89.8 Å². The van der Waals surface area contributed by atoms with Crippen molar-refractivity contribution < 1.29 is 9.47 Å². The summed E-state index contributed by atoms with van der Waals surface area (Å²) in [6.07, 6.45) is 8.91. The summed E-state index contributed by atoms with van der Waals surface area (Å²) in [5, 5.41) is 14.9. The predicted molar refractivity (Wildman–Crippen MR) is 179 cm³/mol. The van der Waals surface area contributed by atoms with Gasteiger partial charge in [0.15, 0.2) is 0 Å². The Morgan fingerprint density at radius 3 is 1.59 bits per heavy atom. The molecule has 44 heavy (non-hydrogen) atoms. The van der Waals surface area contributed by atoms with Crippen molar-refractivity contribution in [3.63, 3.8) is 0 Å². The number of H-pyrrole nitrogens is 2. The highest BCUT2D eigenvalue weighted by molar-refractivity contribution is 5.84. The minimum Gasteiger partial charge on any atom is -0.496 e. The van der Waals surface area contributed by atoms with E-state index in [2.05, 4.69) is 89.4 Å². The molecule has 0 spiro atoms. The number of aromatic amines is 2. The van der Waals surface area contributed by atoms with Gasteiger partial charge in [-0.2, -0.15) is 20.1 Å². The Labute approximate surface area is 260 Å². The van der Waals surface area contributed by atoms with E-state index in [1.54, 1.807) is 37.6 Å². The molecule has 6 rings (SSSR count). The van der Waals surface area contributed by atoms with Crippen LogP contribution in [0.5, 0.6) is 11.5 Å². The molecule has 0 atom stereocenters. The number of methoxy groups -OCH3 is 2. The Bertz CT molecular complexity index is 1580. The van der Waals surface area contributed by atoms with Gasteiger partial charge in [0.25, 0.3) is 0 Å². The molecule has 2 aromatic carbocycles. The van der Waals surface area contributed by atoms with Crippen LogP contribution in [0.25, 0.3) is 21.8 Å². The SMILES string of the molecule is CC.COc1cc2cc(C(C)C)[nH]c2cc1CCn1cccn1.COc1cc2cc(C(C)C)[nH]c2cc1CCn1nccn1. The molecule has 0 aliphatic carbocycles. The van der Waals surface area contributed by atoms with Crippen LogP contribution in [0.4, 0.5) is 0 Å². The standard InChI is InChI=1S/C17H21N3O.C16H20N4O.C2H6/c1-12(2)15-10-14-11-17(21-3)13(9-16(14)19-15)5-8-20-7-4-6-18-20;1-11(2)14-9-13-10-16(21-3)12(8-15(13)19-14)4-7-20-17-5-6-18-20;1-2/h4,6-7,9-12,19H,5,8H2,1-3H3;5-6,8-11,19H,4,7H2,1-3H3;1-2H3. The zero-order valence-electron chi connectivity index (χ0n) is 27.4. The first-order valence-corrected chi connectivity index (χ1v) is 15.5. The topological polar surface area (TPSA) is 98.6 Å². The minimum atomic E-state index is 0.486. The fourth-order valence-corrected chi connectivity index (χ4v) is 5.09. The lowest BCUT2D eigenvalue weighted by Crippen LogP contribution is -2.05. The average Bonchev–Trinajstić information content (AvgIpc) is 3.85. The molecular formula is C35H47N7O2. The minimum absolute atomic E-state index is 0.486. The van der Waals surface area contributed by atoms with Crippen LogP contribution in [0.3, 0.4) is 0 Å². The van der Waals surface area contributed by atoms with Gasteiger partial charge in [0.1, 0.15) is 11.5 Å². The normalized spacial score (nSPS) is 11.0. The maximum Gasteiger partial charge on any atom is 0.122 e. The van der Waals surface area contributed by atoms with Crippen LogP contribution in [-0.2, 0) is 25.9 Å². The second-order valence-electron chi connectivity index (χ2n) is 11.2. The third-order valence-corrected chi connectivity index (χ3v) is 7.55. The zero-order valence-corrected chi connectivity index (χ0v) is 27.4. The molecule has 4 heterocycles. The van der Waals surface area contributed by atoms with Gasteiger partial charge in [-0.1, -0.05) is 41.5 Å². The Kier molecular flexibility index (Phi) is 11.2. The van der Waals surface area contributed by atoms with Gasteiger partial charge >= 0.3 is 0 Å². The molecule has 4 aromatic heterocycles. The predicted octanol–water partition coefficient (Wildman–Crippen LogP) is 7.90. The van der Waals surface area contributed by atoms with E-state index in [0.717, 1.165) is 42.9 Å². The molecule has 0 bridgehead atoms. The van der Waals surface area contributed by atoms with Crippen molar-refractivity contribution >= 4 is 21.8 Å². The molecule has 6 aromatic rings. The Morgan fingerprint density at radius 1 is 0.659 bits per heavy atom. The third-order valence-electron chi connectivity index (χ3n) is 7.55. The monoisotopic (exact) mass is 597 g/mol. The number of nitrogens with zero attached hydrogens (tertiary/aromatic N) is 5. The van der Waals surface area contributed by atoms with E-state index in [-0.39, 0.29) is 0 Å². The van der Waals surface area contributed by atoms with Crippen molar-refractivity contribution in [1.82, 2.24) is 34.7 Å². The number of aryl methyl sites for hydroxylation is 4. The summed E-state index contributed by atoms with van der Waals surface area (Å²) >= 11 is 0. The van der Waals surface area contributed by atoms with Crippen molar-refractivity contribution in [3.8, 4) is 11.5 Å². The van der Waals surface area contributed by atoms with Gasteiger partial charge < -0.3 is 19.4 Å². The van der Waals surface area contributed by atoms with Crippen molar-refractivity contribution in [2.45, 2.75) is 79.3 Å². The van der Waals surface area contributed by atoms with Gasteiger partial charge in [-0.05, 0) is 78.3 Å². The summed E-state index contributed by atoms with van der Waals surface area (Å²) in [6.45, 7) is 14.4. The lowest BCUT2D eigenvalue weighted by atomic mass is 10.1. The van der Waals surface area contributed by atoms with Gasteiger partial charge in [-0.25, -0.2) is 0 Å². The molecule has 9 heteroatoms. The van der Waals surface area contributed by atoms with Crippen molar-refractivity contribution in [2.24, 2.45) is 0 Å². The van der Waals surface area contributed by atoms with E-state index < -0.39 is 0 Å². The smallest absolute Gasteiger partial charge is 0.122 e. The number of benzene rings is 2. The fraction of sp³-hybridized carbons (Fsp3) is 0.400. The molecule has 2 N–H and O–H groups in total. The number of aromatic nitrogens is 7. The maximum atomic E-state index is 5.55. The van der Waals surface area contributed by atoms with Gasteiger partial charge in [0.2, 0.25) is 0 Å². The second-order valence-corrected chi connectivity index (χ2v) is 11.2. The van der Waals surface area contributed by atoms with Crippen LogP contribution in [0.2, 0.25) is 0 Å². The molecule has 0 radical (unpaired) electrons. The molecule has 0 aliphatic heterocycles. The first-order chi connectivity index (χ1) is 21.3. The Balaban J connectivity index is 0.000000190. The molecule has 0 saturated heterocycles. The van der Waals surface area contributed by atoms with Gasteiger partial charge in [0, 0.05) is 52.1 Å². The summed E-state index contributed by atoms with van der Waals surface area (Å²) in [6, 6.07) is 14.9. The van der Waals surface area contributed by atoms with Gasteiger partial charge in [-0.15, -0.1) is 0 Å². The number of hydrogen-bond donors (Lipinski definition) is 2. The Hall–Kier alpha value is -4.53. The van der Waals surface area contributed by atoms with Crippen LogP contribution >= 0.6 is 0 Å². The van der Waals surface area contributed by atoms with Crippen LogP contribution in [0.15, 0.2) is 67.3 Å². The van der Waals surface area contributed by atoms with Crippen molar-refractivity contribution in [1.29, 1.82) is 0 Å².